The number of nitrogens with zero attached hydrogens (tertiary/aromatic N) is 2. The highest BCUT2D eigenvalue weighted by molar-refractivity contribution is 6.04. The number of hydrogen-bond donors (Lipinski definition) is 3. The van der Waals surface area contributed by atoms with Crippen molar-refractivity contribution in [3.63, 3.8) is 0 Å². The Bertz CT molecular complexity index is 735. The van der Waals surface area contributed by atoms with E-state index >= 15 is 0 Å². The average molecular weight is 330 g/mol. The first-order chi connectivity index (χ1) is 11.6. The third-order valence-electron chi connectivity index (χ3n) is 4.91. The van der Waals surface area contributed by atoms with Crippen molar-refractivity contribution in [3.8, 4) is 0 Å². The van der Waals surface area contributed by atoms with E-state index in [0.717, 1.165) is 23.0 Å². The zero-order valence-electron chi connectivity index (χ0n) is 13.7. The summed E-state index contributed by atoms with van der Waals surface area (Å²) in [6.07, 6.45) is 2.40. The van der Waals surface area contributed by atoms with E-state index in [4.69, 9.17) is 9.90 Å². The number of aromatic nitrogens is 2. The summed E-state index contributed by atoms with van der Waals surface area (Å²) in [5, 5.41) is 18.2. The van der Waals surface area contributed by atoms with Crippen molar-refractivity contribution in [1.29, 1.82) is 0 Å². The lowest BCUT2D eigenvalue weighted by molar-refractivity contribution is -0.122. The molecule has 0 unspecified atom stereocenters. The van der Waals surface area contributed by atoms with Gasteiger partial charge in [-0.05, 0) is 50.9 Å². The molecule has 0 saturated carbocycles. The van der Waals surface area contributed by atoms with Crippen LogP contribution in [0.5, 0.6) is 0 Å². The maximum atomic E-state index is 12.6. The highest BCUT2D eigenvalue weighted by Gasteiger charge is 2.35. The fourth-order valence-corrected chi connectivity index (χ4v) is 3.67. The van der Waals surface area contributed by atoms with Crippen molar-refractivity contribution >= 4 is 23.3 Å². The lowest BCUT2D eigenvalue weighted by Crippen LogP contribution is -2.57. The quantitative estimate of drug-likeness (QED) is 0.723. The maximum Gasteiger partial charge on any atom is 0.290 e. The standard InChI is InChI=1S/C16H20N4O.CH2O2/c1-10-2-3-13-12(8-10)15(19-18-13)16(21)17-14-9-20-6-4-11(14)5-7-20;2-1-3/h2-3,8,11,14H,4-7,9H2,1H3,(H,17,21)(H,18,19);1H,(H,2,3)/t14-;/m1./s1. The summed E-state index contributed by atoms with van der Waals surface area (Å²) in [4.78, 5) is 23.4. The number of fused-ring (bicyclic) bond motifs is 4. The average Bonchev–Trinajstić information content (AvgIpc) is 3.00. The highest BCUT2D eigenvalue weighted by atomic mass is 16.3. The molecule has 7 nitrogen and oxygen atoms in total. The predicted octanol–water partition coefficient (Wildman–Crippen LogP) is 1.40. The van der Waals surface area contributed by atoms with Crippen LogP contribution in [0, 0.1) is 12.8 Å². The van der Waals surface area contributed by atoms with Gasteiger partial charge in [0.05, 0.1) is 5.52 Å². The van der Waals surface area contributed by atoms with Crippen LogP contribution in [-0.4, -0.2) is 58.3 Å². The van der Waals surface area contributed by atoms with Gasteiger partial charge < -0.3 is 15.3 Å². The summed E-state index contributed by atoms with van der Waals surface area (Å²) in [5.41, 5.74) is 2.57. The van der Waals surface area contributed by atoms with Gasteiger partial charge in [-0.1, -0.05) is 11.6 Å². The molecular formula is C17H22N4O3. The van der Waals surface area contributed by atoms with Gasteiger partial charge in [0.25, 0.3) is 12.4 Å². The van der Waals surface area contributed by atoms with Gasteiger partial charge >= 0.3 is 0 Å². The molecule has 0 aliphatic carbocycles. The molecule has 3 aliphatic rings. The Labute approximate surface area is 140 Å². The van der Waals surface area contributed by atoms with Crippen LogP contribution in [0.25, 0.3) is 10.9 Å². The Morgan fingerprint density at radius 1 is 1.42 bits per heavy atom. The van der Waals surface area contributed by atoms with Gasteiger partial charge in [-0.2, -0.15) is 5.10 Å². The van der Waals surface area contributed by atoms with Crippen LogP contribution in [0.1, 0.15) is 28.9 Å². The van der Waals surface area contributed by atoms with E-state index in [2.05, 4.69) is 20.4 Å². The third-order valence-corrected chi connectivity index (χ3v) is 4.91. The maximum absolute atomic E-state index is 12.6. The van der Waals surface area contributed by atoms with Crippen LogP contribution in [0.4, 0.5) is 0 Å². The van der Waals surface area contributed by atoms with Crippen LogP contribution in [-0.2, 0) is 4.79 Å². The molecule has 3 fully saturated rings. The second-order valence-electron chi connectivity index (χ2n) is 6.44. The number of piperidine rings is 3. The number of aromatic amines is 1. The van der Waals surface area contributed by atoms with Crippen molar-refractivity contribution in [3.05, 3.63) is 29.5 Å². The van der Waals surface area contributed by atoms with Crippen LogP contribution < -0.4 is 5.32 Å². The normalized spacial score (nSPS) is 25.0. The fraction of sp³-hybridized carbons (Fsp3) is 0.471. The van der Waals surface area contributed by atoms with Crippen molar-refractivity contribution < 1.29 is 14.7 Å². The molecule has 3 saturated heterocycles. The first kappa shape index (κ1) is 16.4. The molecule has 1 aromatic carbocycles. The van der Waals surface area contributed by atoms with Crippen LogP contribution >= 0.6 is 0 Å². The molecule has 1 aromatic heterocycles. The lowest BCUT2D eigenvalue weighted by atomic mass is 9.84. The van der Waals surface area contributed by atoms with E-state index in [0.29, 0.717) is 11.6 Å². The molecule has 128 valence electrons. The Kier molecular flexibility index (Phi) is 4.80. The summed E-state index contributed by atoms with van der Waals surface area (Å²) in [5.74, 6) is 0.580. The van der Waals surface area contributed by atoms with Gasteiger partial charge in [-0.25, -0.2) is 0 Å². The van der Waals surface area contributed by atoms with Gasteiger partial charge in [0.2, 0.25) is 0 Å². The molecule has 1 atom stereocenters. The Morgan fingerprint density at radius 3 is 2.75 bits per heavy atom. The number of nitrogens with one attached hydrogen (secondary N) is 2. The van der Waals surface area contributed by atoms with Crippen molar-refractivity contribution in [2.24, 2.45) is 5.92 Å². The van der Waals surface area contributed by atoms with E-state index < -0.39 is 0 Å². The van der Waals surface area contributed by atoms with E-state index in [-0.39, 0.29) is 18.4 Å². The second-order valence-corrected chi connectivity index (χ2v) is 6.44. The molecule has 5 rings (SSSR count). The number of rotatable bonds is 2. The highest BCUT2D eigenvalue weighted by Crippen LogP contribution is 2.28. The molecule has 2 bridgehead atoms. The zero-order chi connectivity index (χ0) is 17.1. The van der Waals surface area contributed by atoms with Crippen molar-refractivity contribution in [2.75, 3.05) is 19.6 Å². The first-order valence-corrected chi connectivity index (χ1v) is 8.18. The molecule has 3 N–H and O–H groups in total. The van der Waals surface area contributed by atoms with Crippen molar-refractivity contribution in [2.45, 2.75) is 25.8 Å². The Balaban J connectivity index is 0.000000526. The zero-order valence-corrected chi connectivity index (χ0v) is 13.7. The van der Waals surface area contributed by atoms with Gasteiger partial charge in [0.1, 0.15) is 0 Å². The predicted molar refractivity (Wildman–Crippen MR) is 89.9 cm³/mol. The van der Waals surface area contributed by atoms with E-state index in [1.165, 1.54) is 25.9 Å². The van der Waals surface area contributed by atoms with Crippen LogP contribution in [0.3, 0.4) is 0 Å². The minimum absolute atomic E-state index is 0.0504. The molecule has 0 spiro atoms. The summed E-state index contributed by atoms with van der Waals surface area (Å²) in [7, 11) is 0. The van der Waals surface area contributed by atoms with Gasteiger partial charge in [0, 0.05) is 18.0 Å². The van der Waals surface area contributed by atoms with Gasteiger partial charge in [0.15, 0.2) is 5.69 Å². The van der Waals surface area contributed by atoms with E-state index in [9.17, 15) is 4.79 Å². The molecule has 3 aliphatic heterocycles. The molecule has 1 amide bonds. The lowest BCUT2D eigenvalue weighted by Gasteiger charge is -2.44. The molecular weight excluding hydrogens is 308 g/mol. The smallest absolute Gasteiger partial charge is 0.290 e. The molecule has 24 heavy (non-hydrogen) atoms. The number of carbonyl (C=O) groups is 2. The second kappa shape index (κ2) is 7.00. The molecule has 2 aromatic rings. The molecule has 7 heteroatoms. The first-order valence-electron chi connectivity index (χ1n) is 8.18. The van der Waals surface area contributed by atoms with Gasteiger partial charge in [-0.15, -0.1) is 0 Å². The van der Waals surface area contributed by atoms with E-state index in [1.807, 2.05) is 25.1 Å². The number of aryl methyl sites for hydroxylation is 1. The summed E-state index contributed by atoms with van der Waals surface area (Å²) >= 11 is 0. The Hall–Kier alpha value is -2.41. The SMILES string of the molecule is Cc1ccc2[nH]nc(C(=O)N[C@@H]3CN4CCC3CC4)c2c1.O=CO. The largest absolute Gasteiger partial charge is 0.483 e. The molecule has 4 heterocycles. The van der Waals surface area contributed by atoms with Crippen LogP contribution in [0.2, 0.25) is 0 Å². The fourth-order valence-electron chi connectivity index (χ4n) is 3.67. The third kappa shape index (κ3) is 3.26. The molecule has 0 radical (unpaired) electrons. The Morgan fingerprint density at radius 2 is 2.12 bits per heavy atom. The number of H-pyrrole nitrogens is 1. The van der Waals surface area contributed by atoms with Gasteiger partial charge in [-0.3, -0.25) is 14.7 Å². The minimum atomic E-state index is -0.250. The monoisotopic (exact) mass is 330 g/mol. The number of benzene rings is 1. The number of amides is 1. The summed E-state index contributed by atoms with van der Waals surface area (Å²) in [6, 6.07) is 6.29. The summed E-state index contributed by atoms with van der Waals surface area (Å²) < 4.78 is 0. The number of carboxylic acid groups (broad SMARTS) is 1. The summed E-state index contributed by atoms with van der Waals surface area (Å²) in [6.45, 7) is 5.13. The topological polar surface area (TPSA) is 98.3 Å². The van der Waals surface area contributed by atoms with Crippen molar-refractivity contribution in [1.82, 2.24) is 20.4 Å². The number of hydrogen-bond acceptors (Lipinski definition) is 4. The number of carbonyl (C=O) groups excluding carboxylic acids is 1. The van der Waals surface area contributed by atoms with E-state index in [1.54, 1.807) is 0 Å². The van der Waals surface area contributed by atoms with Crippen LogP contribution in [0.15, 0.2) is 18.2 Å². The minimum Gasteiger partial charge on any atom is -0.483 e.